The first-order valence-corrected chi connectivity index (χ1v) is 7.17. The molecule has 2 rings (SSSR count). The molecular formula is C14H21BrN2O. The summed E-state index contributed by atoms with van der Waals surface area (Å²) in [6.07, 6.45) is 0.792. The van der Waals surface area contributed by atoms with E-state index in [4.69, 9.17) is 0 Å². The van der Waals surface area contributed by atoms with Gasteiger partial charge in [-0.3, -0.25) is 0 Å². The third-order valence-electron chi connectivity index (χ3n) is 3.69. The number of aliphatic hydroxyl groups is 1. The van der Waals surface area contributed by atoms with Crippen LogP contribution in [0.15, 0.2) is 22.7 Å². The van der Waals surface area contributed by atoms with Gasteiger partial charge in [0.25, 0.3) is 0 Å². The van der Waals surface area contributed by atoms with E-state index in [1.807, 2.05) is 12.1 Å². The number of hydrogen-bond donors (Lipinski definition) is 1. The second kappa shape index (κ2) is 5.59. The summed E-state index contributed by atoms with van der Waals surface area (Å²) in [5, 5.41) is 9.58. The second-order valence-corrected chi connectivity index (χ2v) is 6.09. The van der Waals surface area contributed by atoms with Crippen LogP contribution in [0.1, 0.15) is 25.0 Å². The lowest BCUT2D eigenvalue weighted by Gasteiger charge is -2.23. The summed E-state index contributed by atoms with van der Waals surface area (Å²) in [7, 11) is 4.28. The van der Waals surface area contributed by atoms with Gasteiger partial charge in [0.15, 0.2) is 0 Å². The summed E-state index contributed by atoms with van der Waals surface area (Å²) in [5.74, 6) is 0. The van der Waals surface area contributed by atoms with Gasteiger partial charge in [-0.2, -0.15) is 0 Å². The van der Waals surface area contributed by atoms with Crippen molar-refractivity contribution in [3.05, 3.63) is 28.2 Å². The number of hydrogen-bond acceptors (Lipinski definition) is 3. The standard InChI is InChI=1S/C14H21BrN2O/c1-10(18)11-4-5-14(13(15)8-11)17-7-6-12(9-17)16(2)3/h4-5,8,10,12,18H,6-7,9H2,1-3H3/t10-,12?/m1/s1. The molecule has 18 heavy (non-hydrogen) atoms. The van der Waals surface area contributed by atoms with Crippen LogP contribution in [-0.4, -0.2) is 43.2 Å². The van der Waals surface area contributed by atoms with Crippen LogP contribution in [0.5, 0.6) is 0 Å². The maximum Gasteiger partial charge on any atom is 0.0762 e. The Morgan fingerprint density at radius 1 is 1.44 bits per heavy atom. The highest BCUT2D eigenvalue weighted by atomic mass is 79.9. The molecule has 0 aliphatic carbocycles. The first-order chi connectivity index (χ1) is 8.49. The van der Waals surface area contributed by atoms with Crippen LogP contribution in [0.2, 0.25) is 0 Å². The van der Waals surface area contributed by atoms with E-state index in [1.165, 1.54) is 12.1 Å². The molecule has 0 amide bonds. The lowest BCUT2D eigenvalue weighted by Crippen LogP contribution is -2.31. The van der Waals surface area contributed by atoms with Crippen LogP contribution in [0.25, 0.3) is 0 Å². The molecule has 0 bridgehead atoms. The number of rotatable bonds is 3. The minimum atomic E-state index is -0.413. The van der Waals surface area contributed by atoms with Gasteiger partial charge in [0.1, 0.15) is 0 Å². The average Bonchev–Trinajstić information content (AvgIpc) is 2.78. The Morgan fingerprint density at radius 2 is 2.17 bits per heavy atom. The van der Waals surface area contributed by atoms with Crippen molar-refractivity contribution < 1.29 is 5.11 Å². The SMILES string of the molecule is C[C@@H](O)c1ccc(N2CCC(N(C)C)C2)c(Br)c1. The fraction of sp³-hybridized carbons (Fsp3) is 0.571. The van der Waals surface area contributed by atoms with Gasteiger partial charge in [0.2, 0.25) is 0 Å². The molecule has 1 aromatic carbocycles. The average molecular weight is 313 g/mol. The van der Waals surface area contributed by atoms with E-state index in [-0.39, 0.29) is 0 Å². The van der Waals surface area contributed by atoms with Crippen LogP contribution < -0.4 is 4.90 Å². The molecule has 1 unspecified atom stereocenters. The van der Waals surface area contributed by atoms with Gasteiger partial charge in [0.05, 0.1) is 11.8 Å². The fourth-order valence-electron chi connectivity index (χ4n) is 2.42. The number of nitrogens with zero attached hydrogens (tertiary/aromatic N) is 2. The number of aliphatic hydroxyl groups excluding tert-OH is 1. The Kier molecular flexibility index (Phi) is 4.30. The molecule has 1 saturated heterocycles. The smallest absolute Gasteiger partial charge is 0.0762 e. The molecule has 100 valence electrons. The van der Waals surface area contributed by atoms with Crippen LogP contribution in [0, 0.1) is 0 Å². The molecule has 0 saturated carbocycles. The molecule has 3 nitrogen and oxygen atoms in total. The van der Waals surface area contributed by atoms with E-state index >= 15 is 0 Å². The highest BCUT2D eigenvalue weighted by Crippen LogP contribution is 2.32. The summed E-state index contributed by atoms with van der Waals surface area (Å²) in [5.41, 5.74) is 2.18. The summed E-state index contributed by atoms with van der Waals surface area (Å²) in [6.45, 7) is 3.95. The maximum absolute atomic E-state index is 9.58. The number of benzene rings is 1. The first kappa shape index (κ1) is 13.8. The van der Waals surface area contributed by atoms with Crippen molar-refractivity contribution >= 4 is 21.6 Å². The normalized spacial score (nSPS) is 21.7. The Morgan fingerprint density at radius 3 is 2.67 bits per heavy atom. The summed E-state index contributed by atoms with van der Waals surface area (Å²) in [4.78, 5) is 4.69. The van der Waals surface area contributed by atoms with Gasteiger partial charge in [-0.1, -0.05) is 6.07 Å². The monoisotopic (exact) mass is 312 g/mol. The van der Waals surface area contributed by atoms with Crippen molar-refractivity contribution in [2.45, 2.75) is 25.5 Å². The maximum atomic E-state index is 9.58. The van der Waals surface area contributed by atoms with E-state index in [1.54, 1.807) is 6.92 Å². The second-order valence-electron chi connectivity index (χ2n) is 5.24. The number of halogens is 1. The molecular weight excluding hydrogens is 292 g/mol. The van der Waals surface area contributed by atoms with E-state index in [9.17, 15) is 5.11 Å². The van der Waals surface area contributed by atoms with Gasteiger partial charge in [-0.15, -0.1) is 0 Å². The van der Waals surface area contributed by atoms with Crippen molar-refractivity contribution in [1.82, 2.24) is 4.90 Å². The highest BCUT2D eigenvalue weighted by molar-refractivity contribution is 9.10. The zero-order valence-corrected chi connectivity index (χ0v) is 12.8. The third kappa shape index (κ3) is 2.87. The minimum absolute atomic E-state index is 0.413. The van der Waals surface area contributed by atoms with Gasteiger partial charge < -0.3 is 14.9 Å². The Hall–Kier alpha value is -0.580. The Bertz CT molecular complexity index is 420. The topological polar surface area (TPSA) is 26.7 Å². The molecule has 4 heteroatoms. The van der Waals surface area contributed by atoms with Crippen molar-refractivity contribution in [2.75, 3.05) is 32.1 Å². The summed E-state index contributed by atoms with van der Waals surface area (Å²) < 4.78 is 1.07. The van der Waals surface area contributed by atoms with E-state index in [2.05, 4.69) is 45.9 Å². The molecule has 1 aliphatic heterocycles. The van der Waals surface area contributed by atoms with E-state index in [0.717, 1.165) is 23.1 Å². The highest BCUT2D eigenvalue weighted by Gasteiger charge is 2.25. The lowest BCUT2D eigenvalue weighted by atomic mass is 10.1. The first-order valence-electron chi connectivity index (χ1n) is 6.38. The third-order valence-corrected chi connectivity index (χ3v) is 4.32. The van der Waals surface area contributed by atoms with Crippen LogP contribution in [0.4, 0.5) is 5.69 Å². The largest absolute Gasteiger partial charge is 0.389 e. The van der Waals surface area contributed by atoms with Crippen LogP contribution in [-0.2, 0) is 0 Å². The molecule has 1 aliphatic rings. The predicted octanol–water partition coefficient (Wildman–Crippen LogP) is 2.64. The Labute approximate surface area is 118 Å². The Balaban J connectivity index is 2.15. The molecule has 1 aromatic rings. The van der Waals surface area contributed by atoms with Gasteiger partial charge in [0, 0.05) is 23.6 Å². The number of anilines is 1. The van der Waals surface area contributed by atoms with Crippen LogP contribution in [0.3, 0.4) is 0 Å². The quantitative estimate of drug-likeness (QED) is 0.929. The van der Waals surface area contributed by atoms with Gasteiger partial charge in [-0.25, -0.2) is 0 Å². The molecule has 1 fully saturated rings. The molecule has 1 N–H and O–H groups in total. The van der Waals surface area contributed by atoms with Crippen molar-refractivity contribution in [3.63, 3.8) is 0 Å². The fourth-order valence-corrected chi connectivity index (χ4v) is 3.07. The van der Waals surface area contributed by atoms with E-state index in [0.29, 0.717) is 6.04 Å². The van der Waals surface area contributed by atoms with Crippen LogP contribution >= 0.6 is 15.9 Å². The number of likely N-dealkylation sites (N-methyl/N-ethyl adjacent to an activating group) is 1. The molecule has 1 heterocycles. The van der Waals surface area contributed by atoms with Crippen molar-refractivity contribution in [2.24, 2.45) is 0 Å². The van der Waals surface area contributed by atoms with E-state index < -0.39 is 6.10 Å². The predicted molar refractivity (Wildman–Crippen MR) is 79.1 cm³/mol. The van der Waals surface area contributed by atoms with Gasteiger partial charge >= 0.3 is 0 Å². The minimum Gasteiger partial charge on any atom is -0.389 e. The van der Waals surface area contributed by atoms with Crippen molar-refractivity contribution in [3.8, 4) is 0 Å². The molecule has 0 aromatic heterocycles. The molecule has 0 radical (unpaired) electrons. The summed E-state index contributed by atoms with van der Waals surface area (Å²) >= 11 is 3.62. The van der Waals surface area contributed by atoms with Crippen molar-refractivity contribution in [1.29, 1.82) is 0 Å². The summed E-state index contributed by atoms with van der Waals surface area (Å²) in [6, 6.07) is 6.76. The molecule has 0 spiro atoms. The zero-order valence-electron chi connectivity index (χ0n) is 11.2. The zero-order chi connectivity index (χ0) is 13.3. The molecule has 2 atom stereocenters. The lowest BCUT2D eigenvalue weighted by molar-refractivity contribution is 0.199. The van der Waals surface area contributed by atoms with Gasteiger partial charge in [-0.05, 0) is 61.1 Å².